The van der Waals surface area contributed by atoms with Crippen LogP contribution < -0.4 is 28.0 Å². The Balaban J connectivity index is 2.11. The molecular formula is C16H23N5O11. The molecule has 2 amide bonds. The first-order valence-electron chi connectivity index (χ1n) is 9.14. The van der Waals surface area contributed by atoms with Crippen molar-refractivity contribution in [1.29, 1.82) is 0 Å². The van der Waals surface area contributed by atoms with Crippen LogP contribution in [0.3, 0.4) is 0 Å². The molecule has 178 valence electrons. The molecular weight excluding hydrogens is 438 g/mol. The maximum absolute atomic E-state index is 12.3. The molecule has 16 heteroatoms. The molecule has 1 aliphatic heterocycles. The summed E-state index contributed by atoms with van der Waals surface area (Å²) in [6.07, 6.45) is -8.92. The molecule has 0 aromatic carbocycles. The third kappa shape index (κ3) is 5.89. The van der Waals surface area contributed by atoms with E-state index < -0.39 is 85.0 Å². The molecule has 0 unspecified atom stereocenters. The summed E-state index contributed by atoms with van der Waals surface area (Å²) in [4.78, 5) is 59.5. The predicted molar refractivity (Wildman–Crippen MR) is 101 cm³/mol. The van der Waals surface area contributed by atoms with Gasteiger partial charge in [0.2, 0.25) is 5.91 Å². The van der Waals surface area contributed by atoms with Crippen LogP contribution in [0.15, 0.2) is 21.9 Å². The van der Waals surface area contributed by atoms with Crippen LogP contribution in [0.25, 0.3) is 0 Å². The van der Waals surface area contributed by atoms with Crippen LogP contribution in [0, 0.1) is 0 Å². The number of carboxylic acid groups (broad SMARTS) is 1. The Morgan fingerprint density at radius 3 is 2.50 bits per heavy atom. The molecule has 2 heterocycles. The molecule has 0 bridgehead atoms. The summed E-state index contributed by atoms with van der Waals surface area (Å²) in [6.45, 7) is -0.551. The average Bonchev–Trinajstić information content (AvgIpc) is 2.98. The van der Waals surface area contributed by atoms with Gasteiger partial charge < -0.3 is 46.7 Å². The lowest BCUT2D eigenvalue weighted by molar-refractivity contribution is -0.149. The zero-order valence-electron chi connectivity index (χ0n) is 16.4. The molecule has 16 nitrogen and oxygen atoms in total. The molecule has 0 spiro atoms. The smallest absolute Gasteiger partial charge is 0.404 e. The summed E-state index contributed by atoms with van der Waals surface area (Å²) >= 11 is 0. The van der Waals surface area contributed by atoms with E-state index in [0.717, 1.165) is 16.8 Å². The van der Waals surface area contributed by atoms with Crippen LogP contribution in [0.2, 0.25) is 0 Å². The first kappa shape index (κ1) is 25.0. The fraction of sp³-hybridized carbons (Fsp3) is 0.562. The summed E-state index contributed by atoms with van der Waals surface area (Å²) in [7, 11) is 0. The molecule has 2 rings (SSSR count). The van der Waals surface area contributed by atoms with E-state index >= 15 is 0 Å². The number of amides is 2. The number of carbonyl (C=O) groups is 3. The summed E-state index contributed by atoms with van der Waals surface area (Å²) in [6, 6.07) is -2.43. The Labute approximate surface area is 178 Å². The van der Waals surface area contributed by atoms with Gasteiger partial charge in [-0.25, -0.2) is 14.4 Å². The van der Waals surface area contributed by atoms with Crippen LogP contribution in [0.5, 0.6) is 0 Å². The number of aliphatic hydroxyl groups excluding tert-OH is 3. The minimum absolute atomic E-state index is 0.433. The lowest BCUT2D eigenvalue weighted by atomic mass is 10.0. The van der Waals surface area contributed by atoms with Crippen molar-refractivity contribution in [3.8, 4) is 0 Å². The number of aromatic amines is 1. The summed E-state index contributed by atoms with van der Waals surface area (Å²) in [5, 5.41) is 41.7. The van der Waals surface area contributed by atoms with Crippen molar-refractivity contribution in [3.63, 3.8) is 0 Å². The molecule has 0 aliphatic carbocycles. The number of aromatic nitrogens is 2. The largest absolute Gasteiger partial charge is 0.480 e. The van der Waals surface area contributed by atoms with E-state index in [1.165, 1.54) is 0 Å². The van der Waals surface area contributed by atoms with E-state index in [1.807, 2.05) is 10.3 Å². The number of aliphatic hydroxyl groups is 3. The Bertz CT molecular complexity index is 962. The van der Waals surface area contributed by atoms with E-state index in [-0.39, 0.29) is 0 Å². The normalized spacial score (nSPS) is 25.5. The number of rotatable bonds is 9. The molecule has 7 atom stereocenters. The fourth-order valence-corrected chi connectivity index (χ4v) is 3.01. The number of ether oxygens (including phenoxy) is 2. The summed E-state index contributed by atoms with van der Waals surface area (Å²) in [5.41, 5.74) is 8.65. The van der Waals surface area contributed by atoms with Gasteiger partial charge in [-0.3, -0.25) is 19.1 Å². The number of carbonyl (C=O) groups excluding carboxylic acids is 2. The Kier molecular flexibility index (Phi) is 8.06. The zero-order chi connectivity index (χ0) is 24.2. The van der Waals surface area contributed by atoms with Crippen LogP contribution >= 0.6 is 0 Å². The van der Waals surface area contributed by atoms with Gasteiger partial charge in [-0.1, -0.05) is 0 Å². The quantitative estimate of drug-likeness (QED) is 0.171. The number of nitrogens with zero attached hydrogens (tertiary/aromatic N) is 1. The lowest BCUT2D eigenvalue weighted by Crippen LogP contribution is -2.56. The van der Waals surface area contributed by atoms with Gasteiger partial charge in [0.25, 0.3) is 5.56 Å². The van der Waals surface area contributed by atoms with Gasteiger partial charge in [-0.05, 0) is 0 Å². The minimum atomic E-state index is -1.92. The molecule has 10 N–H and O–H groups in total. The fourth-order valence-electron chi connectivity index (χ4n) is 3.01. The number of primary amides is 1. The lowest BCUT2D eigenvalue weighted by Gasteiger charge is -2.25. The molecule has 1 aliphatic rings. The minimum Gasteiger partial charge on any atom is -0.480 e. The number of H-pyrrole nitrogens is 1. The van der Waals surface area contributed by atoms with E-state index in [0.29, 0.717) is 0 Å². The predicted octanol–water partition coefficient (Wildman–Crippen LogP) is -5.10. The van der Waals surface area contributed by atoms with Crippen molar-refractivity contribution in [3.05, 3.63) is 33.1 Å². The van der Waals surface area contributed by atoms with Crippen molar-refractivity contribution in [2.45, 2.75) is 49.1 Å². The number of hydrogen-bond donors (Lipinski definition) is 8. The summed E-state index contributed by atoms with van der Waals surface area (Å²) in [5.74, 6) is -2.72. The van der Waals surface area contributed by atoms with Gasteiger partial charge in [0, 0.05) is 18.7 Å². The summed E-state index contributed by atoms with van der Waals surface area (Å²) < 4.78 is 10.4. The first-order chi connectivity index (χ1) is 14.9. The van der Waals surface area contributed by atoms with Crippen molar-refractivity contribution in [2.75, 3.05) is 6.61 Å². The van der Waals surface area contributed by atoms with E-state index in [4.69, 9.17) is 16.2 Å². The van der Waals surface area contributed by atoms with Gasteiger partial charge in [-0.2, -0.15) is 0 Å². The molecule has 0 saturated carbocycles. The second-order valence-electron chi connectivity index (χ2n) is 6.94. The van der Waals surface area contributed by atoms with Gasteiger partial charge >= 0.3 is 17.8 Å². The van der Waals surface area contributed by atoms with Crippen molar-refractivity contribution in [2.24, 2.45) is 11.5 Å². The third-order valence-corrected chi connectivity index (χ3v) is 4.57. The topological polar surface area (TPSA) is 270 Å². The monoisotopic (exact) mass is 461 g/mol. The van der Waals surface area contributed by atoms with Crippen molar-refractivity contribution >= 4 is 18.0 Å². The molecule has 32 heavy (non-hydrogen) atoms. The standard InChI is InChI=1S/C16H23N5O11/c17-6(3-5(22)4-31-15(18)29)12(26)20-8(14(27)28)11-9(24)10(25)13(32-11)21-2-1-7(23)19-16(21)30/h1-2,5-6,8-11,13,22,24-25H,3-4,17H2,(H2,18,29)(H,20,26)(H,27,28)(H,19,23,30)/t5-,6+,8+,9+,10-,11-,13-/m1/s1. The number of hydrogen-bond acceptors (Lipinski definition) is 11. The van der Waals surface area contributed by atoms with Gasteiger partial charge in [-0.15, -0.1) is 0 Å². The highest BCUT2D eigenvalue weighted by atomic mass is 16.6. The van der Waals surface area contributed by atoms with E-state index in [1.54, 1.807) is 0 Å². The highest BCUT2D eigenvalue weighted by Gasteiger charge is 2.50. The number of aliphatic carboxylic acids is 1. The maximum atomic E-state index is 12.3. The maximum Gasteiger partial charge on any atom is 0.404 e. The van der Waals surface area contributed by atoms with Gasteiger partial charge in [0.05, 0.1) is 12.1 Å². The molecule has 0 radical (unpaired) electrons. The van der Waals surface area contributed by atoms with Crippen LogP contribution in [0.1, 0.15) is 12.6 Å². The van der Waals surface area contributed by atoms with Crippen LogP contribution in [-0.4, -0.2) is 91.1 Å². The number of nitrogens with one attached hydrogen (secondary N) is 2. The van der Waals surface area contributed by atoms with Crippen LogP contribution in [0.4, 0.5) is 4.79 Å². The number of nitrogens with two attached hydrogens (primary N) is 2. The third-order valence-electron chi connectivity index (χ3n) is 4.57. The second kappa shape index (κ2) is 10.3. The average molecular weight is 461 g/mol. The van der Waals surface area contributed by atoms with Gasteiger partial charge in [0.1, 0.15) is 24.9 Å². The van der Waals surface area contributed by atoms with Crippen molar-refractivity contribution < 1.29 is 44.3 Å². The van der Waals surface area contributed by atoms with Crippen molar-refractivity contribution in [1.82, 2.24) is 14.9 Å². The van der Waals surface area contributed by atoms with Crippen LogP contribution in [-0.2, 0) is 19.1 Å². The zero-order valence-corrected chi connectivity index (χ0v) is 16.4. The van der Waals surface area contributed by atoms with E-state index in [9.17, 15) is 44.4 Å². The Morgan fingerprint density at radius 1 is 1.28 bits per heavy atom. The highest BCUT2D eigenvalue weighted by Crippen LogP contribution is 2.30. The molecule has 1 fully saturated rings. The van der Waals surface area contributed by atoms with Gasteiger partial charge in [0.15, 0.2) is 12.3 Å². The second-order valence-corrected chi connectivity index (χ2v) is 6.94. The Hall–Kier alpha value is -3.31. The Morgan fingerprint density at radius 2 is 1.94 bits per heavy atom. The first-order valence-corrected chi connectivity index (χ1v) is 9.14. The molecule has 1 saturated heterocycles. The highest BCUT2D eigenvalue weighted by molar-refractivity contribution is 5.87. The number of carboxylic acids is 1. The molecule has 1 aromatic heterocycles. The SMILES string of the molecule is NC(=O)OC[C@H](O)C[C@H](N)C(=O)N[C@H](C(=O)O)[C@H]1O[C@@H](n2ccc(=O)[nH]c2=O)[C@H](O)[C@@H]1O. The van der Waals surface area contributed by atoms with E-state index in [2.05, 4.69) is 4.74 Å². The molecule has 1 aromatic rings.